The summed E-state index contributed by atoms with van der Waals surface area (Å²) < 4.78 is 7.55. The highest BCUT2D eigenvalue weighted by Crippen LogP contribution is 2.15. The molecular weight excluding hydrogens is 248 g/mol. The lowest BCUT2D eigenvalue weighted by Crippen LogP contribution is -1.98. The summed E-state index contributed by atoms with van der Waals surface area (Å²) in [6, 6.07) is 7.71. The molecule has 0 radical (unpaired) electrons. The minimum Gasteiger partial charge on any atom is -0.493 e. The van der Waals surface area contributed by atoms with Crippen molar-refractivity contribution in [3.8, 4) is 5.75 Å². The highest BCUT2D eigenvalue weighted by atomic mass is 32.1. The van der Waals surface area contributed by atoms with Gasteiger partial charge in [-0.1, -0.05) is 12.1 Å². The molecule has 0 aliphatic carbocycles. The molecule has 0 saturated carbocycles. The lowest BCUT2D eigenvalue weighted by Gasteiger charge is -2.05. The van der Waals surface area contributed by atoms with Gasteiger partial charge in [-0.25, -0.2) is 0 Å². The molecule has 2 aromatic rings. The van der Waals surface area contributed by atoms with Crippen molar-refractivity contribution in [1.29, 1.82) is 0 Å². The maximum absolute atomic E-state index is 5.52. The summed E-state index contributed by atoms with van der Waals surface area (Å²) in [4.78, 5) is 0. The zero-order chi connectivity index (χ0) is 13.0. The van der Waals surface area contributed by atoms with E-state index in [1.807, 2.05) is 38.1 Å². The molecule has 1 aromatic heterocycles. The van der Waals surface area contributed by atoms with Gasteiger partial charge in [0.05, 0.1) is 12.8 Å². The zero-order valence-electron chi connectivity index (χ0n) is 10.3. The number of nitrogens with zero attached hydrogens (tertiary/aromatic N) is 3. The first kappa shape index (κ1) is 12.5. The molecule has 5 nitrogen and oxygen atoms in total. The van der Waals surface area contributed by atoms with E-state index < -0.39 is 0 Å². The van der Waals surface area contributed by atoms with Crippen LogP contribution in [0.5, 0.6) is 5.75 Å². The van der Waals surface area contributed by atoms with E-state index in [2.05, 4.69) is 15.3 Å². The van der Waals surface area contributed by atoms with Crippen molar-refractivity contribution in [3.63, 3.8) is 0 Å². The third kappa shape index (κ3) is 2.65. The van der Waals surface area contributed by atoms with Crippen molar-refractivity contribution >= 4 is 18.4 Å². The summed E-state index contributed by atoms with van der Waals surface area (Å²) in [6.45, 7) is 4.40. The second kappa shape index (κ2) is 5.59. The Morgan fingerprint density at radius 2 is 2.28 bits per heavy atom. The van der Waals surface area contributed by atoms with Crippen molar-refractivity contribution < 1.29 is 4.74 Å². The Kier molecular flexibility index (Phi) is 3.88. The largest absolute Gasteiger partial charge is 0.493 e. The highest BCUT2D eigenvalue weighted by molar-refractivity contribution is 7.71. The molecular formula is C12H14N4OS. The number of benzene rings is 1. The Hall–Kier alpha value is -1.95. The number of ether oxygens (including phenoxy) is 1. The zero-order valence-corrected chi connectivity index (χ0v) is 11.1. The van der Waals surface area contributed by atoms with Crippen molar-refractivity contribution in [2.24, 2.45) is 5.10 Å². The number of aromatic amines is 1. The summed E-state index contributed by atoms with van der Waals surface area (Å²) in [6.07, 6.45) is 1.71. The van der Waals surface area contributed by atoms with Gasteiger partial charge in [0.2, 0.25) is 4.77 Å². The molecule has 0 atom stereocenters. The molecule has 2 rings (SSSR count). The van der Waals surface area contributed by atoms with Gasteiger partial charge in [-0.3, -0.25) is 5.10 Å². The van der Waals surface area contributed by atoms with Crippen LogP contribution >= 0.6 is 12.2 Å². The van der Waals surface area contributed by atoms with E-state index in [9.17, 15) is 0 Å². The molecule has 1 heterocycles. The van der Waals surface area contributed by atoms with Gasteiger partial charge in [-0.2, -0.15) is 14.9 Å². The van der Waals surface area contributed by atoms with Crippen LogP contribution in [-0.2, 0) is 0 Å². The van der Waals surface area contributed by atoms with Crippen LogP contribution < -0.4 is 4.74 Å². The number of aromatic nitrogens is 3. The van der Waals surface area contributed by atoms with Crippen LogP contribution in [0.1, 0.15) is 18.3 Å². The molecule has 0 saturated heterocycles. The number of para-hydroxylation sites is 1. The van der Waals surface area contributed by atoms with Gasteiger partial charge < -0.3 is 4.74 Å². The standard InChI is InChI=1S/C12H14N4OS/c1-3-17-11-7-5-4-6-10(11)8-13-16-9(2)14-15-12(16)18/h4-8H,3H2,1-2H3,(H,15,18)/b13-8-. The van der Waals surface area contributed by atoms with Gasteiger partial charge in [0.1, 0.15) is 11.6 Å². The number of rotatable bonds is 4. The first-order valence-electron chi connectivity index (χ1n) is 5.62. The molecule has 0 aliphatic rings. The molecule has 0 unspecified atom stereocenters. The fraction of sp³-hybridized carbons (Fsp3) is 0.250. The maximum Gasteiger partial charge on any atom is 0.216 e. The number of hydrogen-bond donors (Lipinski definition) is 1. The van der Waals surface area contributed by atoms with Crippen molar-refractivity contribution in [2.45, 2.75) is 13.8 Å². The molecule has 0 bridgehead atoms. The summed E-state index contributed by atoms with van der Waals surface area (Å²) >= 11 is 5.07. The van der Waals surface area contributed by atoms with E-state index >= 15 is 0 Å². The van der Waals surface area contributed by atoms with Crippen molar-refractivity contribution in [3.05, 3.63) is 40.4 Å². The molecule has 0 spiro atoms. The van der Waals surface area contributed by atoms with Crippen LogP contribution in [0.4, 0.5) is 0 Å². The fourth-order valence-corrected chi connectivity index (χ4v) is 1.73. The monoisotopic (exact) mass is 262 g/mol. The van der Waals surface area contributed by atoms with E-state index in [1.54, 1.807) is 10.9 Å². The van der Waals surface area contributed by atoms with Crippen LogP contribution in [-0.4, -0.2) is 27.7 Å². The maximum atomic E-state index is 5.52. The lowest BCUT2D eigenvalue weighted by atomic mass is 10.2. The van der Waals surface area contributed by atoms with Gasteiger partial charge in [-0.05, 0) is 38.2 Å². The first-order valence-corrected chi connectivity index (χ1v) is 6.03. The Balaban J connectivity index is 2.32. The predicted molar refractivity (Wildman–Crippen MR) is 72.8 cm³/mol. The fourth-order valence-electron chi connectivity index (χ4n) is 1.50. The van der Waals surface area contributed by atoms with Gasteiger partial charge in [0.15, 0.2) is 0 Å². The summed E-state index contributed by atoms with van der Waals surface area (Å²) in [5.74, 6) is 1.52. The Morgan fingerprint density at radius 3 is 2.94 bits per heavy atom. The van der Waals surface area contributed by atoms with Crippen molar-refractivity contribution in [1.82, 2.24) is 14.9 Å². The molecule has 1 N–H and O–H groups in total. The normalized spacial score (nSPS) is 11.0. The highest BCUT2D eigenvalue weighted by Gasteiger charge is 2.01. The summed E-state index contributed by atoms with van der Waals surface area (Å²) in [7, 11) is 0. The van der Waals surface area contributed by atoms with Gasteiger partial charge in [0, 0.05) is 5.56 Å². The Labute approximate surface area is 110 Å². The number of aryl methyl sites for hydroxylation is 1. The topological polar surface area (TPSA) is 55.2 Å². The van der Waals surface area contributed by atoms with Crippen molar-refractivity contribution in [2.75, 3.05) is 6.61 Å². The molecule has 6 heteroatoms. The third-order valence-electron chi connectivity index (χ3n) is 2.34. The van der Waals surface area contributed by atoms with E-state index in [4.69, 9.17) is 17.0 Å². The molecule has 0 amide bonds. The van der Waals surface area contributed by atoms with Crippen LogP contribution in [0.2, 0.25) is 0 Å². The second-order valence-electron chi connectivity index (χ2n) is 3.60. The summed E-state index contributed by atoms with van der Waals surface area (Å²) in [5, 5.41) is 11.0. The molecule has 0 fully saturated rings. The average Bonchev–Trinajstić information content (AvgIpc) is 2.69. The van der Waals surface area contributed by atoms with E-state index in [-0.39, 0.29) is 0 Å². The number of hydrogen-bond acceptors (Lipinski definition) is 4. The quantitative estimate of drug-likeness (QED) is 0.680. The van der Waals surface area contributed by atoms with E-state index in [0.717, 1.165) is 11.3 Å². The lowest BCUT2D eigenvalue weighted by molar-refractivity contribution is 0.340. The number of H-pyrrole nitrogens is 1. The summed E-state index contributed by atoms with van der Waals surface area (Å²) in [5.41, 5.74) is 0.904. The van der Waals surface area contributed by atoms with E-state index in [0.29, 0.717) is 17.2 Å². The molecule has 18 heavy (non-hydrogen) atoms. The Morgan fingerprint density at radius 1 is 1.50 bits per heavy atom. The number of nitrogens with one attached hydrogen (secondary N) is 1. The third-order valence-corrected chi connectivity index (χ3v) is 2.61. The smallest absolute Gasteiger partial charge is 0.216 e. The molecule has 1 aromatic carbocycles. The van der Waals surface area contributed by atoms with Gasteiger partial charge >= 0.3 is 0 Å². The Bertz CT molecular complexity index is 615. The first-order chi connectivity index (χ1) is 8.72. The van der Waals surface area contributed by atoms with Crippen LogP contribution in [0.15, 0.2) is 29.4 Å². The van der Waals surface area contributed by atoms with Crippen LogP contribution in [0.25, 0.3) is 0 Å². The second-order valence-corrected chi connectivity index (χ2v) is 3.99. The predicted octanol–water partition coefficient (Wildman–Crippen LogP) is 2.53. The van der Waals surface area contributed by atoms with Crippen LogP contribution in [0, 0.1) is 11.7 Å². The van der Waals surface area contributed by atoms with Crippen LogP contribution in [0.3, 0.4) is 0 Å². The minimum absolute atomic E-state index is 0.470. The van der Waals surface area contributed by atoms with E-state index in [1.165, 1.54) is 0 Å². The van der Waals surface area contributed by atoms with Gasteiger partial charge in [-0.15, -0.1) is 0 Å². The molecule has 94 valence electrons. The average molecular weight is 262 g/mol. The molecule has 0 aliphatic heterocycles. The van der Waals surface area contributed by atoms with Gasteiger partial charge in [0.25, 0.3) is 0 Å². The SMILES string of the molecule is CCOc1ccccc1/C=N\n1c(C)n[nH]c1=S. The minimum atomic E-state index is 0.470.